The van der Waals surface area contributed by atoms with E-state index in [-0.39, 0.29) is 6.61 Å². The highest BCUT2D eigenvalue weighted by atomic mass is 16.3. The van der Waals surface area contributed by atoms with Crippen LogP contribution in [-0.4, -0.2) is 42.3 Å². The standard InChI is InChI=1S/C15H23N3O2/c16-10-14-5-6-15(20-14)11-17-7-1-2-8-18-9-3-4-13(18)12-19/h5-6,13,17,19H,1-4,7-9,11-12H2. The number of unbranched alkanes of at least 4 members (excludes halogenated alkanes) is 1. The fourth-order valence-corrected chi connectivity index (χ4v) is 2.71. The Hall–Kier alpha value is -1.35. The summed E-state index contributed by atoms with van der Waals surface area (Å²) >= 11 is 0. The van der Waals surface area contributed by atoms with Crippen LogP contribution in [-0.2, 0) is 6.54 Å². The van der Waals surface area contributed by atoms with E-state index in [0.717, 1.165) is 44.7 Å². The third kappa shape index (κ3) is 4.34. The lowest BCUT2D eigenvalue weighted by Gasteiger charge is -2.22. The van der Waals surface area contributed by atoms with Gasteiger partial charge in [-0.1, -0.05) is 0 Å². The van der Waals surface area contributed by atoms with Gasteiger partial charge in [0, 0.05) is 6.04 Å². The molecule has 1 saturated heterocycles. The first kappa shape index (κ1) is 15.0. The Morgan fingerprint density at radius 2 is 2.35 bits per heavy atom. The third-order valence-electron chi connectivity index (χ3n) is 3.83. The Kier molecular flexibility index (Phi) is 6.06. The molecule has 0 spiro atoms. The van der Waals surface area contributed by atoms with Gasteiger partial charge in [-0.3, -0.25) is 4.90 Å². The van der Waals surface area contributed by atoms with E-state index in [1.54, 1.807) is 6.07 Å². The Labute approximate surface area is 120 Å². The summed E-state index contributed by atoms with van der Waals surface area (Å²) in [7, 11) is 0. The minimum atomic E-state index is 0.290. The molecular weight excluding hydrogens is 254 g/mol. The Bertz CT molecular complexity index is 439. The zero-order valence-electron chi connectivity index (χ0n) is 11.8. The summed E-state index contributed by atoms with van der Waals surface area (Å²) in [6.07, 6.45) is 4.60. The van der Waals surface area contributed by atoms with Crippen molar-refractivity contribution in [1.82, 2.24) is 10.2 Å². The fraction of sp³-hybridized carbons (Fsp3) is 0.667. The maximum Gasteiger partial charge on any atom is 0.203 e. The SMILES string of the molecule is N#Cc1ccc(CNCCCCN2CCCC2CO)o1. The highest BCUT2D eigenvalue weighted by molar-refractivity contribution is 5.18. The van der Waals surface area contributed by atoms with Crippen molar-refractivity contribution in [1.29, 1.82) is 5.26 Å². The summed E-state index contributed by atoms with van der Waals surface area (Å²) in [5.41, 5.74) is 0. The lowest BCUT2D eigenvalue weighted by molar-refractivity contribution is 0.157. The second kappa shape index (κ2) is 8.05. The lowest BCUT2D eigenvalue weighted by atomic mass is 10.2. The highest BCUT2D eigenvalue weighted by Gasteiger charge is 2.22. The number of likely N-dealkylation sites (tertiary alicyclic amines) is 1. The third-order valence-corrected chi connectivity index (χ3v) is 3.83. The van der Waals surface area contributed by atoms with E-state index in [0.29, 0.717) is 18.3 Å². The molecule has 1 unspecified atom stereocenters. The highest BCUT2D eigenvalue weighted by Crippen LogP contribution is 2.16. The van der Waals surface area contributed by atoms with Crippen molar-refractivity contribution in [2.24, 2.45) is 0 Å². The average Bonchev–Trinajstić information content (AvgIpc) is 3.11. The molecule has 2 heterocycles. The van der Waals surface area contributed by atoms with Gasteiger partial charge in [0.15, 0.2) is 0 Å². The van der Waals surface area contributed by atoms with Crippen LogP contribution in [0.5, 0.6) is 0 Å². The first-order valence-corrected chi connectivity index (χ1v) is 7.38. The van der Waals surface area contributed by atoms with Crippen LogP contribution < -0.4 is 5.32 Å². The molecule has 5 nitrogen and oxygen atoms in total. The molecule has 1 aliphatic rings. The Morgan fingerprint density at radius 1 is 1.45 bits per heavy atom. The van der Waals surface area contributed by atoms with E-state index in [2.05, 4.69) is 10.2 Å². The van der Waals surface area contributed by atoms with E-state index in [1.807, 2.05) is 12.1 Å². The van der Waals surface area contributed by atoms with Crippen LogP contribution in [0.15, 0.2) is 16.5 Å². The predicted molar refractivity (Wildman–Crippen MR) is 76.0 cm³/mol. The number of nitrogens with one attached hydrogen (secondary N) is 1. The second-order valence-electron chi connectivity index (χ2n) is 5.28. The monoisotopic (exact) mass is 277 g/mol. The van der Waals surface area contributed by atoms with Gasteiger partial charge in [0.25, 0.3) is 0 Å². The molecule has 110 valence electrons. The number of nitriles is 1. The minimum Gasteiger partial charge on any atom is -0.449 e. The molecule has 0 aliphatic carbocycles. The van der Waals surface area contributed by atoms with Crippen molar-refractivity contribution >= 4 is 0 Å². The van der Waals surface area contributed by atoms with Gasteiger partial charge in [-0.25, -0.2) is 0 Å². The first-order chi connectivity index (χ1) is 9.83. The number of hydrogen-bond donors (Lipinski definition) is 2. The number of hydrogen-bond acceptors (Lipinski definition) is 5. The summed E-state index contributed by atoms with van der Waals surface area (Å²) in [6, 6.07) is 5.89. The maximum atomic E-state index is 9.24. The molecule has 2 rings (SSSR count). The van der Waals surface area contributed by atoms with E-state index in [1.165, 1.54) is 6.42 Å². The molecule has 0 saturated carbocycles. The lowest BCUT2D eigenvalue weighted by Crippen LogP contribution is -2.33. The molecule has 20 heavy (non-hydrogen) atoms. The van der Waals surface area contributed by atoms with Crippen LogP contribution >= 0.6 is 0 Å². The predicted octanol–water partition coefficient (Wildman–Crippen LogP) is 1.48. The minimum absolute atomic E-state index is 0.290. The molecule has 1 aromatic heterocycles. The number of furan rings is 1. The molecule has 0 amide bonds. The number of aliphatic hydroxyl groups excluding tert-OH is 1. The van der Waals surface area contributed by atoms with Crippen LogP contribution in [0.1, 0.15) is 37.2 Å². The van der Waals surface area contributed by atoms with Gasteiger partial charge in [-0.05, 0) is 57.5 Å². The molecule has 2 N–H and O–H groups in total. The van der Waals surface area contributed by atoms with Gasteiger partial charge in [0.05, 0.1) is 13.2 Å². The van der Waals surface area contributed by atoms with Gasteiger partial charge < -0.3 is 14.8 Å². The van der Waals surface area contributed by atoms with Crippen molar-refractivity contribution in [3.63, 3.8) is 0 Å². The molecule has 0 aromatic carbocycles. The molecule has 1 aliphatic heterocycles. The number of nitrogens with zero attached hydrogens (tertiary/aromatic N) is 2. The largest absolute Gasteiger partial charge is 0.449 e. The van der Waals surface area contributed by atoms with E-state index in [9.17, 15) is 5.11 Å². The molecule has 1 fully saturated rings. The quantitative estimate of drug-likeness (QED) is 0.704. The second-order valence-corrected chi connectivity index (χ2v) is 5.28. The van der Waals surface area contributed by atoms with Crippen molar-refractivity contribution in [2.45, 2.75) is 38.3 Å². The zero-order valence-corrected chi connectivity index (χ0v) is 11.8. The molecule has 0 bridgehead atoms. The Balaban J connectivity index is 1.52. The van der Waals surface area contributed by atoms with Crippen molar-refractivity contribution < 1.29 is 9.52 Å². The van der Waals surface area contributed by atoms with Gasteiger partial charge in [0.2, 0.25) is 5.76 Å². The summed E-state index contributed by atoms with van der Waals surface area (Å²) in [5, 5.41) is 21.2. The van der Waals surface area contributed by atoms with Crippen LogP contribution in [0.2, 0.25) is 0 Å². The van der Waals surface area contributed by atoms with E-state index >= 15 is 0 Å². The van der Waals surface area contributed by atoms with E-state index in [4.69, 9.17) is 9.68 Å². The zero-order chi connectivity index (χ0) is 14.2. The van der Waals surface area contributed by atoms with Crippen molar-refractivity contribution in [3.8, 4) is 6.07 Å². The molecular formula is C15H23N3O2. The van der Waals surface area contributed by atoms with Crippen molar-refractivity contribution in [3.05, 3.63) is 23.7 Å². The summed E-state index contributed by atoms with van der Waals surface area (Å²) in [6.45, 7) is 4.11. The number of rotatable bonds is 8. The Morgan fingerprint density at radius 3 is 3.10 bits per heavy atom. The van der Waals surface area contributed by atoms with Gasteiger partial charge in [-0.15, -0.1) is 0 Å². The van der Waals surface area contributed by atoms with Crippen LogP contribution in [0.3, 0.4) is 0 Å². The molecule has 1 aromatic rings. The molecule has 0 radical (unpaired) electrons. The summed E-state index contributed by atoms with van der Waals surface area (Å²) in [5.74, 6) is 1.17. The first-order valence-electron chi connectivity index (χ1n) is 7.38. The van der Waals surface area contributed by atoms with Gasteiger partial charge >= 0.3 is 0 Å². The molecule has 5 heteroatoms. The normalized spacial score (nSPS) is 19.3. The van der Waals surface area contributed by atoms with Crippen LogP contribution in [0, 0.1) is 11.3 Å². The van der Waals surface area contributed by atoms with Gasteiger partial charge in [-0.2, -0.15) is 5.26 Å². The smallest absolute Gasteiger partial charge is 0.203 e. The fourth-order valence-electron chi connectivity index (χ4n) is 2.71. The summed E-state index contributed by atoms with van der Waals surface area (Å²) in [4.78, 5) is 2.39. The maximum absolute atomic E-state index is 9.24. The van der Waals surface area contributed by atoms with Crippen LogP contribution in [0.25, 0.3) is 0 Å². The average molecular weight is 277 g/mol. The van der Waals surface area contributed by atoms with E-state index < -0.39 is 0 Å². The summed E-state index contributed by atoms with van der Waals surface area (Å²) < 4.78 is 5.29. The van der Waals surface area contributed by atoms with Crippen LogP contribution in [0.4, 0.5) is 0 Å². The van der Waals surface area contributed by atoms with Crippen molar-refractivity contribution in [2.75, 3.05) is 26.2 Å². The number of aliphatic hydroxyl groups is 1. The van der Waals surface area contributed by atoms with Gasteiger partial charge in [0.1, 0.15) is 11.8 Å². The molecule has 1 atom stereocenters. The topological polar surface area (TPSA) is 72.4 Å².